The molecule has 0 bridgehead atoms. The lowest BCUT2D eigenvalue weighted by Gasteiger charge is -2.13. The molecule has 1 unspecified atom stereocenters. The third-order valence-electron chi connectivity index (χ3n) is 2.08. The van der Waals surface area contributed by atoms with Crippen LogP contribution in [-0.2, 0) is 19.1 Å². The van der Waals surface area contributed by atoms with Gasteiger partial charge in [-0.3, -0.25) is 9.59 Å². The van der Waals surface area contributed by atoms with Crippen LogP contribution in [0.1, 0.15) is 20.3 Å². The van der Waals surface area contributed by atoms with Gasteiger partial charge in [0.2, 0.25) is 5.91 Å². The quantitative estimate of drug-likeness (QED) is 0.431. The number of hydrogen-bond acceptors (Lipinski definition) is 5. The lowest BCUT2D eigenvalue weighted by molar-refractivity contribution is -0.143. The Hall–Kier alpha value is -1.14. The van der Waals surface area contributed by atoms with Gasteiger partial charge in [-0.2, -0.15) is 0 Å². The first-order valence-corrected chi connectivity index (χ1v) is 5.77. The molecule has 0 heterocycles. The number of nitrogens with one attached hydrogen (secondary N) is 2. The third-order valence-corrected chi connectivity index (χ3v) is 2.08. The second kappa shape index (κ2) is 10.0. The molecule has 0 saturated carbocycles. The molecular formula is C11H22N2O4. The smallest absolute Gasteiger partial charge is 0.307 e. The molecule has 0 aromatic carbocycles. The number of ether oxygens (including phenoxy) is 2. The van der Waals surface area contributed by atoms with E-state index < -0.39 is 0 Å². The first-order chi connectivity index (χ1) is 8.11. The van der Waals surface area contributed by atoms with Crippen LogP contribution >= 0.6 is 0 Å². The molecule has 0 saturated heterocycles. The van der Waals surface area contributed by atoms with Crippen LogP contribution in [0.4, 0.5) is 0 Å². The Morgan fingerprint density at radius 1 is 1.29 bits per heavy atom. The SMILES string of the molecule is CCOC(=O)CCNC(C)C(=O)NCCOC. The molecule has 2 N–H and O–H groups in total. The van der Waals surface area contributed by atoms with E-state index in [1.165, 1.54) is 0 Å². The van der Waals surface area contributed by atoms with Crippen molar-refractivity contribution in [1.82, 2.24) is 10.6 Å². The molecule has 0 spiro atoms. The predicted molar refractivity (Wildman–Crippen MR) is 63.6 cm³/mol. The van der Waals surface area contributed by atoms with Gasteiger partial charge < -0.3 is 20.1 Å². The summed E-state index contributed by atoms with van der Waals surface area (Å²) in [6.07, 6.45) is 0.267. The van der Waals surface area contributed by atoms with Crippen molar-refractivity contribution in [3.8, 4) is 0 Å². The average molecular weight is 246 g/mol. The largest absolute Gasteiger partial charge is 0.466 e. The summed E-state index contributed by atoms with van der Waals surface area (Å²) in [5, 5.41) is 5.65. The Morgan fingerprint density at radius 2 is 2.00 bits per heavy atom. The zero-order chi connectivity index (χ0) is 13.1. The fourth-order valence-corrected chi connectivity index (χ4v) is 1.15. The number of carbonyl (C=O) groups excluding carboxylic acids is 2. The zero-order valence-corrected chi connectivity index (χ0v) is 10.7. The molecule has 17 heavy (non-hydrogen) atoms. The molecule has 1 amide bonds. The number of hydrogen-bond donors (Lipinski definition) is 2. The maximum absolute atomic E-state index is 11.5. The van der Waals surface area contributed by atoms with Gasteiger partial charge in [0.05, 0.1) is 25.7 Å². The Balaban J connectivity index is 3.59. The highest BCUT2D eigenvalue weighted by molar-refractivity contribution is 5.81. The van der Waals surface area contributed by atoms with E-state index >= 15 is 0 Å². The van der Waals surface area contributed by atoms with E-state index in [-0.39, 0.29) is 24.3 Å². The van der Waals surface area contributed by atoms with Crippen molar-refractivity contribution in [2.45, 2.75) is 26.3 Å². The van der Waals surface area contributed by atoms with Gasteiger partial charge in [0.25, 0.3) is 0 Å². The van der Waals surface area contributed by atoms with Gasteiger partial charge in [0, 0.05) is 20.2 Å². The van der Waals surface area contributed by atoms with Crippen molar-refractivity contribution in [2.75, 3.05) is 33.4 Å². The Bertz CT molecular complexity index is 234. The summed E-state index contributed by atoms with van der Waals surface area (Å²) >= 11 is 0. The minimum Gasteiger partial charge on any atom is -0.466 e. The van der Waals surface area contributed by atoms with Crippen molar-refractivity contribution < 1.29 is 19.1 Å². The van der Waals surface area contributed by atoms with Crippen molar-refractivity contribution in [1.29, 1.82) is 0 Å². The van der Waals surface area contributed by atoms with E-state index in [1.54, 1.807) is 21.0 Å². The van der Waals surface area contributed by atoms with Gasteiger partial charge in [-0.15, -0.1) is 0 Å². The van der Waals surface area contributed by atoms with Crippen LogP contribution in [0.15, 0.2) is 0 Å². The van der Waals surface area contributed by atoms with Gasteiger partial charge in [-0.1, -0.05) is 0 Å². The number of carbonyl (C=O) groups is 2. The molecule has 100 valence electrons. The van der Waals surface area contributed by atoms with E-state index in [4.69, 9.17) is 9.47 Å². The fourth-order valence-electron chi connectivity index (χ4n) is 1.15. The lowest BCUT2D eigenvalue weighted by Crippen LogP contribution is -2.43. The van der Waals surface area contributed by atoms with Crippen molar-refractivity contribution in [2.24, 2.45) is 0 Å². The predicted octanol–water partition coefficient (Wildman–Crippen LogP) is -0.320. The minimum atomic E-state index is -0.332. The summed E-state index contributed by atoms with van der Waals surface area (Å²) in [7, 11) is 1.58. The summed E-state index contributed by atoms with van der Waals surface area (Å²) in [6, 6.07) is -0.332. The molecule has 0 rings (SSSR count). The molecule has 0 aromatic rings. The van der Waals surface area contributed by atoms with Crippen LogP contribution in [0.25, 0.3) is 0 Å². The zero-order valence-electron chi connectivity index (χ0n) is 10.7. The van der Waals surface area contributed by atoms with Crippen LogP contribution in [-0.4, -0.2) is 51.3 Å². The highest BCUT2D eigenvalue weighted by Crippen LogP contribution is 1.87. The van der Waals surface area contributed by atoms with Gasteiger partial charge in [-0.25, -0.2) is 0 Å². The topological polar surface area (TPSA) is 76.7 Å². The molecular weight excluding hydrogens is 224 g/mol. The maximum Gasteiger partial charge on any atom is 0.307 e. The second-order valence-corrected chi connectivity index (χ2v) is 3.51. The highest BCUT2D eigenvalue weighted by atomic mass is 16.5. The summed E-state index contributed by atoms with van der Waals surface area (Å²) in [4.78, 5) is 22.5. The monoisotopic (exact) mass is 246 g/mol. The molecule has 0 aliphatic rings. The average Bonchev–Trinajstić information content (AvgIpc) is 2.29. The van der Waals surface area contributed by atoms with Crippen molar-refractivity contribution in [3.05, 3.63) is 0 Å². The first-order valence-electron chi connectivity index (χ1n) is 5.77. The summed E-state index contributed by atoms with van der Waals surface area (Å²) < 4.78 is 9.58. The fraction of sp³-hybridized carbons (Fsp3) is 0.818. The standard InChI is InChI=1S/C11H22N2O4/c1-4-17-10(14)5-6-12-9(2)11(15)13-7-8-16-3/h9,12H,4-8H2,1-3H3,(H,13,15). The number of amides is 1. The van der Waals surface area contributed by atoms with Crippen LogP contribution in [0, 0.1) is 0 Å². The third kappa shape index (κ3) is 8.65. The number of rotatable bonds is 9. The molecule has 6 heteroatoms. The van der Waals surface area contributed by atoms with Crippen molar-refractivity contribution >= 4 is 11.9 Å². The van der Waals surface area contributed by atoms with Gasteiger partial charge in [0.1, 0.15) is 0 Å². The second-order valence-electron chi connectivity index (χ2n) is 3.51. The molecule has 0 radical (unpaired) electrons. The Labute approximate surface area is 102 Å². The molecule has 0 aliphatic carbocycles. The molecule has 0 fully saturated rings. The van der Waals surface area contributed by atoms with Crippen molar-refractivity contribution in [3.63, 3.8) is 0 Å². The summed E-state index contributed by atoms with van der Waals surface area (Å²) in [5.41, 5.74) is 0. The number of methoxy groups -OCH3 is 1. The van der Waals surface area contributed by atoms with E-state index in [9.17, 15) is 9.59 Å². The summed E-state index contributed by atoms with van der Waals surface area (Å²) in [6.45, 7) is 5.29. The van der Waals surface area contributed by atoms with Crippen LogP contribution < -0.4 is 10.6 Å². The lowest BCUT2D eigenvalue weighted by atomic mass is 10.3. The van der Waals surface area contributed by atoms with Crippen LogP contribution in [0.5, 0.6) is 0 Å². The Kier molecular flexibility index (Phi) is 9.37. The molecule has 1 atom stereocenters. The van der Waals surface area contributed by atoms with Gasteiger partial charge >= 0.3 is 5.97 Å². The van der Waals surface area contributed by atoms with E-state index in [1.807, 2.05) is 0 Å². The number of esters is 1. The summed E-state index contributed by atoms with van der Waals surface area (Å²) in [5.74, 6) is -0.363. The van der Waals surface area contributed by atoms with Gasteiger partial charge in [0.15, 0.2) is 0 Å². The minimum absolute atomic E-state index is 0.106. The highest BCUT2D eigenvalue weighted by Gasteiger charge is 2.11. The maximum atomic E-state index is 11.5. The van der Waals surface area contributed by atoms with Crippen LogP contribution in [0.3, 0.4) is 0 Å². The molecule has 6 nitrogen and oxygen atoms in total. The van der Waals surface area contributed by atoms with E-state index in [0.717, 1.165) is 0 Å². The van der Waals surface area contributed by atoms with Crippen LogP contribution in [0.2, 0.25) is 0 Å². The normalized spacial score (nSPS) is 11.9. The molecule has 0 aromatic heterocycles. The Morgan fingerprint density at radius 3 is 2.59 bits per heavy atom. The molecule has 0 aliphatic heterocycles. The van der Waals surface area contributed by atoms with Gasteiger partial charge in [-0.05, 0) is 13.8 Å². The first kappa shape index (κ1) is 15.9. The van der Waals surface area contributed by atoms with E-state index in [2.05, 4.69) is 10.6 Å². The van der Waals surface area contributed by atoms with E-state index in [0.29, 0.717) is 26.3 Å².